The number of pyridine rings is 1. The molecule has 2 rings (SSSR count). The molecule has 2 aromatic heterocycles. The highest BCUT2D eigenvalue weighted by atomic mass is 15.3. The molecule has 0 fully saturated rings. The summed E-state index contributed by atoms with van der Waals surface area (Å²) in [6.45, 7) is 9.50. The van der Waals surface area contributed by atoms with E-state index in [1.54, 1.807) is 0 Å². The quantitative estimate of drug-likeness (QED) is 0.901. The van der Waals surface area contributed by atoms with Crippen LogP contribution in [0.15, 0.2) is 12.3 Å². The molecule has 98 valence electrons. The Morgan fingerprint density at radius 3 is 2.78 bits per heavy atom. The summed E-state index contributed by atoms with van der Waals surface area (Å²) in [5, 5.41) is 9.08. The van der Waals surface area contributed by atoms with Crippen molar-refractivity contribution in [3.8, 4) is 0 Å². The fourth-order valence-corrected chi connectivity index (χ4v) is 1.91. The minimum Gasteiger partial charge on any atom is -0.308 e. The van der Waals surface area contributed by atoms with Crippen LogP contribution in [0.3, 0.4) is 0 Å². The zero-order chi connectivity index (χ0) is 13.3. The third kappa shape index (κ3) is 2.53. The summed E-state index contributed by atoms with van der Waals surface area (Å²) in [5.74, 6) is 0. The fraction of sp³-hybridized carbons (Fsp3) is 0.571. The van der Waals surface area contributed by atoms with Gasteiger partial charge in [-0.15, -0.1) is 0 Å². The van der Waals surface area contributed by atoms with Crippen molar-refractivity contribution in [1.82, 2.24) is 20.1 Å². The lowest BCUT2D eigenvalue weighted by molar-refractivity contribution is 0.374. The zero-order valence-electron chi connectivity index (χ0n) is 11.9. The molecule has 4 nitrogen and oxygen atoms in total. The summed E-state index contributed by atoms with van der Waals surface area (Å²) in [6, 6.07) is 2.18. The summed E-state index contributed by atoms with van der Waals surface area (Å²) in [4.78, 5) is 4.49. The predicted octanol–water partition coefficient (Wildman–Crippen LogP) is 2.55. The monoisotopic (exact) mass is 246 g/mol. The van der Waals surface area contributed by atoms with Crippen LogP contribution in [0, 0.1) is 6.92 Å². The van der Waals surface area contributed by atoms with Gasteiger partial charge < -0.3 is 5.32 Å². The van der Waals surface area contributed by atoms with Gasteiger partial charge in [0.2, 0.25) is 0 Å². The number of hydrogen-bond acceptors (Lipinski definition) is 3. The van der Waals surface area contributed by atoms with Gasteiger partial charge in [-0.05, 0) is 38.8 Å². The maximum absolute atomic E-state index is 4.49. The molecule has 0 aliphatic heterocycles. The normalized spacial score (nSPS) is 12.3. The van der Waals surface area contributed by atoms with Gasteiger partial charge in [0, 0.05) is 30.7 Å². The van der Waals surface area contributed by atoms with Crippen molar-refractivity contribution in [2.75, 3.05) is 0 Å². The fourth-order valence-electron chi connectivity index (χ4n) is 1.91. The second-order valence-electron chi connectivity index (χ2n) is 5.51. The number of aryl methyl sites for hydroxylation is 2. The van der Waals surface area contributed by atoms with Crippen LogP contribution in [0.4, 0.5) is 0 Å². The van der Waals surface area contributed by atoms with E-state index in [1.807, 2.05) is 24.9 Å². The Bertz CT molecular complexity index is 554. The van der Waals surface area contributed by atoms with Gasteiger partial charge in [0.25, 0.3) is 0 Å². The molecule has 0 saturated carbocycles. The first-order chi connectivity index (χ1) is 8.43. The minimum atomic E-state index is 0.166. The number of aromatic nitrogens is 3. The topological polar surface area (TPSA) is 42.7 Å². The van der Waals surface area contributed by atoms with Gasteiger partial charge in [-0.3, -0.25) is 4.68 Å². The molecule has 1 N–H and O–H groups in total. The van der Waals surface area contributed by atoms with Gasteiger partial charge in [-0.25, -0.2) is 4.98 Å². The van der Waals surface area contributed by atoms with E-state index < -0.39 is 0 Å². The summed E-state index contributed by atoms with van der Waals surface area (Å²) < 4.78 is 1.83. The van der Waals surface area contributed by atoms with E-state index in [1.165, 1.54) is 5.56 Å². The van der Waals surface area contributed by atoms with E-state index in [4.69, 9.17) is 0 Å². The standard InChI is InChI=1S/C14H22N4/c1-6-14(3,4)16-9-11-7-12-10(2)17-18(5)13(12)15-8-11/h7-8,16H,6,9H2,1-5H3. The molecule has 0 bridgehead atoms. The lowest BCUT2D eigenvalue weighted by Crippen LogP contribution is -2.37. The molecular weight excluding hydrogens is 224 g/mol. The van der Waals surface area contributed by atoms with Crippen LogP contribution < -0.4 is 5.32 Å². The summed E-state index contributed by atoms with van der Waals surface area (Å²) in [6.07, 6.45) is 3.04. The smallest absolute Gasteiger partial charge is 0.157 e. The Labute approximate surface area is 108 Å². The van der Waals surface area contributed by atoms with E-state index in [2.05, 4.69) is 42.2 Å². The molecular formula is C14H22N4. The molecule has 0 atom stereocenters. The first-order valence-electron chi connectivity index (χ1n) is 6.46. The number of hydrogen-bond donors (Lipinski definition) is 1. The predicted molar refractivity (Wildman–Crippen MR) is 74.5 cm³/mol. The summed E-state index contributed by atoms with van der Waals surface area (Å²) in [7, 11) is 1.93. The van der Waals surface area contributed by atoms with Crippen molar-refractivity contribution in [2.45, 2.75) is 46.2 Å². The maximum Gasteiger partial charge on any atom is 0.157 e. The lowest BCUT2D eigenvalue weighted by Gasteiger charge is -2.24. The molecule has 0 saturated heterocycles. The molecule has 4 heteroatoms. The number of fused-ring (bicyclic) bond motifs is 1. The van der Waals surface area contributed by atoms with Gasteiger partial charge >= 0.3 is 0 Å². The Kier molecular flexibility index (Phi) is 3.39. The molecule has 0 radical (unpaired) electrons. The third-order valence-electron chi connectivity index (χ3n) is 3.57. The highest BCUT2D eigenvalue weighted by molar-refractivity contribution is 5.78. The highest BCUT2D eigenvalue weighted by Gasteiger charge is 2.14. The van der Waals surface area contributed by atoms with Gasteiger partial charge in [0.15, 0.2) is 5.65 Å². The Hall–Kier alpha value is -1.42. The molecule has 0 aromatic carbocycles. The van der Waals surface area contributed by atoms with Crippen LogP contribution in [-0.4, -0.2) is 20.3 Å². The van der Waals surface area contributed by atoms with Crippen molar-refractivity contribution in [3.05, 3.63) is 23.5 Å². The van der Waals surface area contributed by atoms with Crippen molar-refractivity contribution in [3.63, 3.8) is 0 Å². The molecule has 0 aliphatic carbocycles. The van der Waals surface area contributed by atoms with Gasteiger partial charge in [0.05, 0.1) is 5.69 Å². The molecule has 0 unspecified atom stereocenters. The molecule has 2 aromatic rings. The highest BCUT2D eigenvalue weighted by Crippen LogP contribution is 2.17. The van der Waals surface area contributed by atoms with Gasteiger partial charge in [-0.1, -0.05) is 6.92 Å². The Morgan fingerprint density at radius 2 is 2.11 bits per heavy atom. The van der Waals surface area contributed by atoms with Gasteiger partial charge in [-0.2, -0.15) is 5.10 Å². The molecule has 2 heterocycles. The van der Waals surface area contributed by atoms with Crippen LogP contribution in [0.25, 0.3) is 11.0 Å². The summed E-state index contributed by atoms with van der Waals surface area (Å²) in [5.41, 5.74) is 3.36. The minimum absolute atomic E-state index is 0.166. The average Bonchev–Trinajstić information content (AvgIpc) is 2.63. The lowest BCUT2D eigenvalue weighted by atomic mass is 10.0. The van der Waals surface area contributed by atoms with Crippen LogP contribution in [0.2, 0.25) is 0 Å². The SMILES string of the molecule is CCC(C)(C)NCc1cnc2c(c1)c(C)nn2C. The number of nitrogens with zero attached hydrogens (tertiary/aromatic N) is 3. The van der Waals surface area contributed by atoms with Crippen LogP contribution in [0.1, 0.15) is 38.4 Å². The Balaban J connectivity index is 2.23. The third-order valence-corrected chi connectivity index (χ3v) is 3.57. The second-order valence-corrected chi connectivity index (χ2v) is 5.51. The van der Waals surface area contributed by atoms with Crippen molar-refractivity contribution < 1.29 is 0 Å². The second kappa shape index (κ2) is 4.69. The van der Waals surface area contributed by atoms with Crippen LogP contribution in [-0.2, 0) is 13.6 Å². The molecule has 0 spiro atoms. The molecule has 0 aliphatic rings. The van der Waals surface area contributed by atoms with E-state index in [-0.39, 0.29) is 5.54 Å². The first kappa shape index (κ1) is 13.0. The van der Waals surface area contributed by atoms with E-state index in [9.17, 15) is 0 Å². The van der Waals surface area contributed by atoms with Gasteiger partial charge in [0.1, 0.15) is 0 Å². The number of rotatable bonds is 4. The zero-order valence-corrected chi connectivity index (χ0v) is 11.9. The summed E-state index contributed by atoms with van der Waals surface area (Å²) >= 11 is 0. The largest absolute Gasteiger partial charge is 0.308 e. The van der Waals surface area contributed by atoms with Crippen LogP contribution >= 0.6 is 0 Å². The van der Waals surface area contributed by atoms with Crippen molar-refractivity contribution in [1.29, 1.82) is 0 Å². The number of nitrogens with one attached hydrogen (secondary N) is 1. The van der Waals surface area contributed by atoms with Crippen molar-refractivity contribution in [2.24, 2.45) is 7.05 Å². The average molecular weight is 246 g/mol. The Morgan fingerprint density at radius 1 is 1.39 bits per heavy atom. The van der Waals surface area contributed by atoms with E-state index in [0.717, 1.165) is 29.7 Å². The van der Waals surface area contributed by atoms with E-state index in [0.29, 0.717) is 0 Å². The molecule has 18 heavy (non-hydrogen) atoms. The van der Waals surface area contributed by atoms with Crippen molar-refractivity contribution >= 4 is 11.0 Å². The first-order valence-corrected chi connectivity index (χ1v) is 6.46. The molecule has 0 amide bonds. The van der Waals surface area contributed by atoms with E-state index >= 15 is 0 Å². The maximum atomic E-state index is 4.49. The van der Waals surface area contributed by atoms with Crippen LogP contribution in [0.5, 0.6) is 0 Å².